The molecule has 0 bridgehead atoms. The highest BCUT2D eigenvalue weighted by Crippen LogP contribution is 2.27. The van der Waals surface area contributed by atoms with Crippen LogP contribution in [0.5, 0.6) is 0 Å². The van der Waals surface area contributed by atoms with Crippen molar-refractivity contribution in [1.82, 2.24) is 10.2 Å². The van der Waals surface area contributed by atoms with Crippen LogP contribution in [0, 0.1) is 6.92 Å². The quantitative estimate of drug-likeness (QED) is 0.763. The molecule has 2 aromatic carbocycles. The van der Waals surface area contributed by atoms with Crippen molar-refractivity contribution in [3.63, 3.8) is 0 Å². The smallest absolute Gasteiger partial charge is 0.264 e. The molecule has 0 heterocycles. The number of nitrogens with one attached hydrogen (secondary N) is 1. The molecule has 0 aliphatic heterocycles. The van der Waals surface area contributed by atoms with Crippen LogP contribution in [0.4, 0.5) is 5.69 Å². The van der Waals surface area contributed by atoms with E-state index in [-0.39, 0.29) is 21.4 Å². The SMILES string of the molecule is Cc1ccc(S(=O)(=O)N(C)c2ccc(Cl)c(C(=O)NCCN(C)C)c2)cc1. The molecule has 0 saturated carbocycles. The fraction of sp³-hybridized carbons (Fsp3) is 0.316. The van der Waals surface area contributed by atoms with Gasteiger partial charge in [0, 0.05) is 20.1 Å². The molecule has 146 valence electrons. The van der Waals surface area contributed by atoms with Crippen LogP contribution in [-0.2, 0) is 10.0 Å². The molecule has 6 nitrogen and oxygen atoms in total. The summed E-state index contributed by atoms with van der Waals surface area (Å²) in [4.78, 5) is 14.5. The molecule has 8 heteroatoms. The molecule has 2 rings (SSSR count). The van der Waals surface area contributed by atoms with Crippen molar-refractivity contribution in [3.05, 3.63) is 58.6 Å². The summed E-state index contributed by atoms with van der Waals surface area (Å²) in [5.74, 6) is -0.343. The Morgan fingerprint density at radius 1 is 1.07 bits per heavy atom. The molecule has 2 aromatic rings. The Hall–Kier alpha value is -2.09. The Morgan fingerprint density at radius 3 is 2.30 bits per heavy atom. The number of nitrogens with zero attached hydrogens (tertiary/aromatic N) is 2. The highest BCUT2D eigenvalue weighted by molar-refractivity contribution is 7.92. The van der Waals surface area contributed by atoms with E-state index >= 15 is 0 Å². The zero-order valence-electron chi connectivity index (χ0n) is 15.9. The number of anilines is 1. The second-order valence-electron chi connectivity index (χ2n) is 6.51. The molecular formula is C19H24ClN3O3S. The summed E-state index contributed by atoms with van der Waals surface area (Å²) < 4.78 is 26.8. The van der Waals surface area contributed by atoms with Gasteiger partial charge >= 0.3 is 0 Å². The molecule has 1 amide bonds. The third-order valence-corrected chi connectivity index (χ3v) is 6.21. The Labute approximate surface area is 165 Å². The number of aryl methyl sites for hydroxylation is 1. The highest BCUT2D eigenvalue weighted by atomic mass is 35.5. The van der Waals surface area contributed by atoms with Crippen LogP contribution in [-0.4, -0.2) is 53.5 Å². The van der Waals surface area contributed by atoms with Crippen molar-refractivity contribution >= 4 is 33.2 Å². The number of likely N-dealkylation sites (N-methyl/N-ethyl adjacent to an activating group) is 1. The van der Waals surface area contributed by atoms with E-state index in [9.17, 15) is 13.2 Å². The Morgan fingerprint density at radius 2 is 1.70 bits per heavy atom. The molecule has 0 aromatic heterocycles. The molecular weight excluding hydrogens is 386 g/mol. The first-order valence-corrected chi connectivity index (χ1v) is 10.2. The van der Waals surface area contributed by atoms with E-state index in [4.69, 9.17) is 11.6 Å². The maximum atomic E-state index is 12.8. The third-order valence-electron chi connectivity index (χ3n) is 4.08. The average Bonchev–Trinajstić information content (AvgIpc) is 2.61. The second-order valence-corrected chi connectivity index (χ2v) is 8.89. The summed E-state index contributed by atoms with van der Waals surface area (Å²) in [5, 5.41) is 3.05. The van der Waals surface area contributed by atoms with Crippen molar-refractivity contribution in [2.75, 3.05) is 38.5 Å². The van der Waals surface area contributed by atoms with Crippen molar-refractivity contribution in [1.29, 1.82) is 0 Å². The normalized spacial score (nSPS) is 11.5. The van der Waals surface area contributed by atoms with Gasteiger partial charge in [-0.3, -0.25) is 9.10 Å². The number of carbonyl (C=O) groups is 1. The fourth-order valence-electron chi connectivity index (χ4n) is 2.38. The van der Waals surface area contributed by atoms with Crippen LogP contribution in [0.2, 0.25) is 5.02 Å². The van der Waals surface area contributed by atoms with E-state index in [0.29, 0.717) is 18.8 Å². The number of carbonyl (C=O) groups excluding carboxylic acids is 1. The lowest BCUT2D eigenvalue weighted by Crippen LogP contribution is -2.32. The predicted molar refractivity (Wildman–Crippen MR) is 109 cm³/mol. The van der Waals surface area contributed by atoms with Gasteiger partial charge in [0.1, 0.15) is 0 Å². The maximum absolute atomic E-state index is 12.8. The number of benzene rings is 2. The third kappa shape index (κ3) is 5.22. The number of rotatable bonds is 7. The highest BCUT2D eigenvalue weighted by Gasteiger charge is 2.22. The summed E-state index contributed by atoms with van der Waals surface area (Å²) in [6, 6.07) is 11.2. The Kier molecular flexibility index (Phi) is 6.86. The molecule has 0 atom stereocenters. The minimum absolute atomic E-state index is 0.183. The van der Waals surface area contributed by atoms with Crippen molar-refractivity contribution < 1.29 is 13.2 Å². The number of amides is 1. The number of hydrogen-bond donors (Lipinski definition) is 1. The first-order chi connectivity index (χ1) is 12.6. The van der Waals surface area contributed by atoms with Crippen LogP contribution in [0.25, 0.3) is 0 Å². The molecule has 27 heavy (non-hydrogen) atoms. The van der Waals surface area contributed by atoms with Gasteiger partial charge in [0.25, 0.3) is 15.9 Å². The van der Waals surface area contributed by atoms with Gasteiger partial charge < -0.3 is 10.2 Å². The van der Waals surface area contributed by atoms with Gasteiger partial charge in [-0.25, -0.2) is 8.42 Å². The van der Waals surface area contributed by atoms with Gasteiger partial charge in [-0.15, -0.1) is 0 Å². The van der Waals surface area contributed by atoms with Gasteiger partial charge in [0.05, 0.1) is 21.2 Å². The molecule has 0 spiro atoms. The summed E-state index contributed by atoms with van der Waals surface area (Å²) >= 11 is 6.15. The Balaban J connectivity index is 2.28. The lowest BCUT2D eigenvalue weighted by molar-refractivity contribution is 0.0951. The first-order valence-electron chi connectivity index (χ1n) is 8.41. The van der Waals surface area contributed by atoms with Crippen LogP contribution in [0.3, 0.4) is 0 Å². The second kappa shape index (κ2) is 8.73. The van der Waals surface area contributed by atoms with E-state index in [0.717, 1.165) is 9.87 Å². The van der Waals surface area contributed by atoms with Gasteiger partial charge in [0.2, 0.25) is 0 Å². The van der Waals surface area contributed by atoms with Crippen molar-refractivity contribution in [2.45, 2.75) is 11.8 Å². The molecule has 0 unspecified atom stereocenters. The van der Waals surface area contributed by atoms with Gasteiger partial charge in [0.15, 0.2) is 0 Å². The summed E-state index contributed by atoms with van der Waals surface area (Å²) in [5.41, 5.74) is 1.57. The van der Waals surface area contributed by atoms with E-state index < -0.39 is 10.0 Å². The summed E-state index contributed by atoms with van der Waals surface area (Å²) in [7, 11) is 1.52. The van der Waals surface area contributed by atoms with Gasteiger partial charge in [-0.1, -0.05) is 29.3 Å². The largest absolute Gasteiger partial charge is 0.351 e. The number of hydrogen-bond acceptors (Lipinski definition) is 4. The van der Waals surface area contributed by atoms with Gasteiger partial charge in [-0.05, 0) is 51.4 Å². The fourth-order valence-corrected chi connectivity index (χ4v) is 3.77. The molecule has 0 aliphatic rings. The zero-order valence-corrected chi connectivity index (χ0v) is 17.4. The topological polar surface area (TPSA) is 69.7 Å². The standard InChI is InChI=1S/C19H24ClN3O3S/c1-14-5-8-16(9-6-14)27(25,26)23(4)15-7-10-18(20)17(13-15)19(24)21-11-12-22(2)3/h5-10,13H,11-12H2,1-4H3,(H,21,24). The number of sulfonamides is 1. The van der Waals surface area contributed by atoms with E-state index in [1.807, 2.05) is 25.9 Å². The van der Waals surface area contributed by atoms with Crippen LogP contribution in [0.15, 0.2) is 47.4 Å². The van der Waals surface area contributed by atoms with E-state index in [1.165, 1.54) is 19.2 Å². The van der Waals surface area contributed by atoms with Crippen LogP contribution >= 0.6 is 11.6 Å². The zero-order chi connectivity index (χ0) is 20.2. The summed E-state index contributed by atoms with van der Waals surface area (Å²) in [6.07, 6.45) is 0. The number of halogens is 1. The first kappa shape index (κ1) is 21.2. The Bertz CT molecular complexity index is 912. The van der Waals surface area contributed by atoms with Crippen LogP contribution < -0.4 is 9.62 Å². The molecule has 0 radical (unpaired) electrons. The predicted octanol–water partition coefficient (Wildman–Crippen LogP) is 2.76. The maximum Gasteiger partial charge on any atom is 0.264 e. The van der Waals surface area contributed by atoms with E-state index in [1.54, 1.807) is 30.3 Å². The molecule has 0 saturated heterocycles. The monoisotopic (exact) mass is 409 g/mol. The molecule has 0 fully saturated rings. The van der Waals surface area contributed by atoms with Crippen LogP contribution in [0.1, 0.15) is 15.9 Å². The molecule has 1 N–H and O–H groups in total. The molecule has 0 aliphatic carbocycles. The minimum atomic E-state index is -3.74. The van der Waals surface area contributed by atoms with Crippen molar-refractivity contribution in [3.8, 4) is 0 Å². The lowest BCUT2D eigenvalue weighted by atomic mass is 10.2. The summed E-state index contributed by atoms with van der Waals surface area (Å²) in [6.45, 7) is 3.04. The average molecular weight is 410 g/mol. The van der Waals surface area contributed by atoms with E-state index in [2.05, 4.69) is 5.32 Å². The minimum Gasteiger partial charge on any atom is -0.351 e. The lowest BCUT2D eigenvalue weighted by Gasteiger charge is -2.21. The van der Waals surface area contributed by atoms with Crippen molar-refractivity contribution in [2.24, 2.45) is 0 Å². The van der Waals surface area contributed by atoms with Gasteiger partial charge in [-0.2, -0.15) is 0 Å².